The molecule has 0 saturated heterocycles. The molecule has 0 spiro atoms. The molecule has 6 heteroatoms. The molecule has 1 heterocycles. The lowest BCUT2D eigenvalue weighted by Gasteiger charge is -2.49. The van der Waals surface area contributed by atoms with E-state index in [0.717, 1.165) is 58.4 Å². The number of methoxy groups -OCH3 is 1. The van der Waals surface area contributed by atoms with Crippen molar-refractivity contribution in [3.63, 3.8) is 0 Å². The molecule has 0 fully saturated rings. The summed E-state index contributed by atoms with van der Waals surface area (Å²) < 4.78 is 12.5. The van der Waals surface area contributed by atoms with Gasteiger partial charge >= 0.3 is 0 Å². The topological polar surface area (TPSA) is 55.8 Å². The summed E-state index contributed by atoms with van der Waals surface area (Å²) in [6.07, 6.45) is 3.48. The minimum Gasteiger partial charge on any atom is -0.493 e. The molecule has 0 atom stereocenters. The Kier molecular flexibility index (Phi) is 7.00. The summed E-state index contributed by atoms with van der Waals surface area (Å²) >= 11 is 3.77. The van der Waals surface area contributed by atoms with Crippen LogP contribution < -0.4 is 9.47 Å². The van der Waals surface area contributed by atoms with Crippen molar-refractivity contribution < 1.29 is 19.1 Å². The van der Waals surface area contributed by atoms with Gasteiger partial charge in [-0.05, 0) is 54.7 Å². The largest absolute Gasteiger partial charge is 0.493 e. The fraction of sp³-hybridized carbons (Fsp3) is 0.586. The number of halogens is 1. The first-order valence-corrected chi connectivity index (χ1v) is 13.5. The number of hydrogen-bond donors (Lipinski definition) is 0. The summed E-state index contributed by atoms with van der Waals surface area (Å²) in [6, 6.07) is 3.88. The van der Waals surface area contributed by atoms with Gasteiger partial charge in [0, 0.05) is 52.3 Å². The second-order valence-electron chi connectivity index (χ2n) is 11.7. The molecule has 35 heavy (non-hydrogen) atoms. The Morgan fingerprint density at radius 2 is 1.46 bits per heavy atom. The lowest BCUT2D eigenvalue weighted by atomic mass is 9.63. The van der Waals surface area contributed by atoms with Crippen molar-refractivity contribution in [3.05, 3.63) is 44.7 Å². The first kappa shape index (κ1) is 26.0. The third-order valence-electron chi connectivity index (χ3n) is 7.39. The molecule has 0 aromatic heterocycles. The van der Waals surface area contributed by atoms with E-state index in [2.05, 4.69) is 62.4 Å². The smallest absolute Gasteiger partial charge is 0.162 e. The highest BCUT2D eigenvalue weighted by Crippen LogP contribution is 2.55. The Labute approximate surface area is 218 Å². The molecule has 1 aromatic carbocycles. The van der Waals surface area contributed by atoms with Crippen molar-refractivity contribution in [2.45, 2.75) is 79.6 Å². The third-order valence-corrected chi connectivity index (χ3v) is 8.08. The molecule has 190 valence electrons. The van der Waals surface area contributed by atoms with Crippen molar-refractivity contribution in [1.82, 2.24) is 4.90 Å². The number of nitrogens with zero attached hydrogens (tertiary/aromatic N) is 1. The van der Waals surface area contributed by atoms with Gasteiger partial charge in [-0.1, -0.05) is 50.5 Å². The van der Waals surface area contributed by atoms with E-state index in [1.807, 2.05) is 12.1 Å². The number of hydrogen-bond acceptors (Lipinski definition) is 5. The average Bonchev–Trinajstić information content (AvgIpc) is 2.75. The van der Waals surface area contributed by atoms with E-state index < -0.39 is 5.92 Å². The number of Topliss-reactive ketones (excluding diaryl/α,β-unsaturated/α-hetero) is 2. The number of carbonyl (C=O) groups excluding carboxylic acids is 2. The van der Waals surface area contributed by atoms with Crippen LogP contribution in [0.5, 0.6) is 11.5 Å². The van der Waals surface area contributed by atoms with Gasteiger partial charge in [0.25, 0.3) is 0 Å². The standard InChI is InChI=1S/C29H38BrNO4/c1-8-10-35-24-12-18(30)17(11-23(24)34-7)25-26-19(13-28(3,4)15-21(26)32)31(9-2)20-14-29(5,6)16-22(33)27(20)25/h11-12,25H,8-10,13-16H2,1-7H3. The first-order chi connectivity index (χ1) is 16.4. The van der Waals surface area contributed by atoms with Crippen LogP contribution in [0.25, 0.3) is 0 Å². The Bertz CT molecular complexity index is 1070. The minimum atomic E-state index is -0.404. The molecule has 2 aliphatic carbocycles. The summed E-state index contributed by atoms with van der Waals surface area (Å²) in [6.45, 7) is 14.2. The van der Waals surface area contributed by atoms with Crippen molar-refractivity contribution in [1.29, 1.82) is 0 Å². The number of benzene rings is 1. The monoisotopic (exact) mass is 543 g/mol. The molecule has 3 aliphatic rings. The lowest BCUT2D eigenvalue weighted by Crippen LogP contribution is -2.44. The van der Waals surface area contributed by atoms with Crippen LogP contribution in [-0.2, 0) is 9.59 Å². The van der Waals surface area contributed by atoms with E-state index in [0.29, 0.717) is 30.9 Å². The van der Waals surface area contributed by atoms with Gasteiger partial charge in [-0.2, -0.15) is 0 Å². The Hall–Kier alpha value is -2.08. The Balaban J connectivity index is 1.98. The van der Waals surface area contributed by atoms with E-state index >= 15 is 0 Å². The molecule has 0 bridgehead atoms. The van der Waals surface area contributed by atoms with Crippen LogP contribution in [0.1, 0.15) is 85.1 Å². The van der Waals surface area contributed by atoms with Gasteiger partial charge in [0.05, 0.1) is 13.7 Å². The van der Waals surface area contributed by atoms with E-state index in [1.54, 1.807) is 7.11 Å². The maximum Gasteiger partial charge on any atom is 0.162 e. The van der Waals surface area contributed by atoms with E-state index in [-0.39, 0.29) is 22.4 Å². The molecular formula is C29H38BrNO4. The van der Waals surface area contributed by atoms with Gasteiger partial charge in [0.15, 0.2) is 23.1 Å². The summed E-state index contributed by atoms with van der Waals surface area (Å²) in [5.41, 5.74) is 4.38. The van der Waals surface area contributed by atoms with Crippen LogP contribution in [-0.4, -0.2) is 36.7 Å². The molecule has 4 rings (SSSR count). The predicted octanol–water partition coefficient (Wildman–Crippen LogP) is 6.95. The van der Waals surface area contributed by atoms with E-state index in [9.17, 15) is 9.59 Å². The van der Waals surface area contributed by atoms with Gasteiger partial charge < -0.3 is 14.4 Å². The normalized spacial score (nSPS) is 21.8. The van der Waals surface area contributed by atoms with Crippen LogP contribution in [0, 0.1) is 10.8 Å². The molecular weight excluding hydrogens is 506 g/mol. The van der Waals surface area contributed by atoms with Crippen LogP contribution in [0.15, 0.2) is 39.1 Å². The minimum absolute atomic E-state index is 0.118. The Morgan fingerprint density at radius 1 is 0.914 bits per heavy atom. The van der Waals surface area contributed by atoms with E-state index in [1.165, 1.54) is 0 Å². The van der Waals surface area contributed by atoms with Crippen molar-refractivity contribution in [2.75, 3.05) is 20.3 Å². The molecule has 1 aromatic rings. The maximum atomic E-state index is 13.8. The zero-order valence-corrected chi connectivity index (χ0v) is 23.7. The first-order valence-electron chi connectivity index (χ1n) is 12.7. The molecule has 0 unspecified atom stereocenters. The van der Waals surface area contributed by atoms with Crippen LogP contribution in [0.2, 0.25) is 0 Å². The number of allylic oxidation sites excluding steroid dienone is 4. The SMILES string of the molecule is CCCOc1cc(Br)c(C2C3=C(CC(C)(C)CC3=O)N(CC)C3=C2C(=O)CC(C)(C)C3)cc1OC. The summed E-state index contributed by atoms with van der Waals surface area (Å²) in [5, 5.41) is 0. The highest BCUT2D eigenvalue weighted by molar-refractivity contribution is 9.10. The van der Waals surface area contributed by atoms with Crippen molar-refractivity contribution >= 4 is 27.5 Å². The molecule has 0 N–H and O–H groups in total. The van der Waals surface area contributed by atoms with Crippen LogP contribution in [0.4, 0.5) is 0 Å². The molecule has 1 aliphatic heterocycles. The highest BCUT2D eigenvalue weighted by Gasteiger charge is 2.49. The molecule has 0 saturated carbocycles. The van der Waals surface area contributed by atoms with Crippen LogP contribution in [0.3, 0.4) is 0 Å². The summed E-state index contributed by atoms with van der Waals surface area (Å²) in [5.74, 6) is 1.15. The molecule has 0 radical (unpaired) electrons. The van der Waals surface area contributed by atoms with Crippen molar-refractivity contribution in [3.8, 4) is 11.5 Å². The Morgan fingerprint density at radius 3 is 1.91 bits per heavy atom. The van der Waals surface area contributed by atoms with Crippen LogP contribution >= 0.6 is 15.9 Å². The molecule has 5 nitrogen and oxygen atoms in total. The molecule has 0 amide bonds. The quantitative estimate of drug-likeness (QED) is 0.388. The fourth-order valence-electron chi connectivity index (χ4n) is 6.00. The van der Waals surface area contributed by atoms with Gasteiger partial charge in [-0.15, -0.1) is 0 Å². The zero-order valence-electron chi connectivity index (χ0n) is 22.1. The summed E-state index contributed by atoms with van der Waals surface area (Å²) in [4.78, 5) is 29.8. The van der Waals surface area contributed by atoms with E-state index in [4.69, 9.17) is 9.47 Å². The number of ether oxygens (including phenoxy) is 2. The lowest BCUT2D eigenvalue weighted by molar-refractivity contribution is -0.119. The van der Waals surface area contributed by atoms with Gasteiger partial charge in [-0.25, -0.2) is 0 Å². The number of carbonyl (C=O) groups is 2. The second kappa shape index (κ2) is 9.42. The average molecular weight is 545 g/mol. The van der Waals surface area contributed by atoms with Crippen molar-refractivity contribution in [2.24, 2.45) is 10.8 Å². The van der Waals surface area contributed by atoms with Gasteiger partial charge in [-0.3, -0.25) is 9.59 Å². The highest BCUT2D eigenvalue weighted by atomic mass is 79.9. The number of rotatable bonds is 6. The zero-order chi connectivity index (χ0) is 25.7. The third kappa shape index (κ3) is 4.71. The maximum absolute atomic E-state index is 13.8. The van der Waals surface area contributed by atoms with Gasteiger partial charge in [0.2, 0.25) is 0 Å². The second-order valence-corrected chi connectivity index (χ2v) is 12.5. The fourth-order valence-corrected chi connectivity index (χ4v) is 6.55. The van der Waals surface area contributed by atoms with Gasteiger partial charge in [0.1, 0.15) is 0 Å². The number of ketones is 2. The summed E-state index contributed by atoms with van der Waals surface area (Å²) in [7, 11) is 1.63. The predicted molar refractivity (Wildman–Crippen MR) is 142 cm³/mol.